The Hall–Kier alpha value is -1.07. The van der Waals surface area contributed by atoms with Gasteiger partial charge in [-0.1, -0.05) is 12.1 Å². The third-order valence-corrected chi connectivity index (χ3v) is 4.43. The van der Waals surface area contributed by atoms with Crippen molar-refractivity contribution >= 4 is 33.4 Å². The summed E-state index contributed by atoms with van der Waals surface area (Å²) >= 11 is 4.62. The Morgan fingerprint density at radius 3 is 2.72 bits per heavy atom. The van der Waals surface area contributed by atoms with E-state index in [1.807, 2.05) is 12.1 Å². The van der Waals surface area contributed by atoms with E-state index in [-0.39, 0.29) is 0 Å². The maximum Gasteiger partial charge on any atom is 0.136 e. The number of hydrogen-bond donors (Lipinski definition) is 1. The monoisotopic (exact) mass is 329 g/mol. The van der Waals surface area contributed by atoms with Crippen molar-refractivity contribution in [3.05, 3.63) is 58.1 Å². The number of thioether (sulfide) groups is 1. The Labute approximate surface area is 117 Å². The van der Waals surface area contributed by atoms with Crippen LogP contribution in [0.15, 0.2) is 45.8 Å². The normalized spacial score (nSPS) is 10.6. The summed E-state index contributed by atoms with van der Waals surface area (Å²) < 4.78 is 27.2. The number of nitrogen functional groups attached to an aromatic ring is 1. The van der Waals surface area contributed by atoms with E-state index in [0.717, 1.165) is 22.2 Å². The van der Waals surface area contributed by atoms with Crippen LogP contribution in [-0.2, 0) is 5.75 Å². The number of benzene rings is 2. The van der Waals surface area contributed by atoms with Crippen LogP contribution in [-0.4, -0.2) is 0 Å². The lowest BCUT2D eigenvalue weighted by atomic mass is 10.2. The van der Waals surface area contributed by atoms with E-state index in [1.54, 1.807) is 6.07 Å². The summed E-state index contributed by atoms with van der Waals surface area (Å²) in [5.41, 5.74) is 7.33. The Morgan fingerprint density at radius 1 is 1.17 bits per heavy atom. The molecule has 2 aromatic rings. The molecule has 0 aromatic heterocycles. The zero-order chi connectivity index (χ0) is 13.1. The van der Waals surface area contributed by atoms with Gasteiger partial charge in [0.15, 0.2) is 0 Å². The van der Waals surface area contributed by atoms with Gasteiger partial charge in [0.1, 0.15) is 11.6 Å². The maximum atomic E-state index is 13.4. The van der Waals surface area contributed by atoms with Crippen LogP contribution in [0.2, 0.25) is 0 Å². The number of halogens is 3. The molecule has 0 spiro atoms. The van der Waals surface area contributed by atoms with E-state index in [1.165, 1.54) is 17.8 Å². The van der Waals surface area contributed by atoms with Crippen molar-refractivity contribution in [2.75, 3.05) is 5.73 Å². The molecule has 2 aromatic carbocycles. The van der Waals surface area contributed by atoms with Crippen LogP contribution in [0.5, 0.6) is 0 Å². The standard InChI is InChI=1S/C13H10BrF2NS/c14-13-8(2-1-3-11(13)17)7-18-12-6-9(15)4-5-10(12)16/h1-6H,7,17H2. The van der Waals surface area contributed by atoms with E-state index in [4.69, 9.17) is 5.73 Å². The molecule has 0 saturated heterocycles. The lowest BCUT2D eigenvalue weighted by Crippen LogP contribution is -1.91. The molecule has 0 unspecified atom stereocenters. The van der Waals surface area contributed by atoms with E-state index in [2.05, 4.69) is 15.9 Å². The molecule has 18 heavy (non-hydrogen) atoms. The van der Waals surface area contributed by atoms with Crippen LogP contribution in [0, 0.1) is 11.6 Å². The average Bonchev–Trinajstić information content (AvgIpc) is 2.35. The molecule has 2 rings (SSSR count). The predicted molar refractivity (Wildman–Crippen MR) is 74.5 cm³/mol. The molecule has 0 aliphatic rings. The average molecular weight is 330 g/mol. The molecule has 1 nitrogen and oxygen atoms in total. The topological polar surface area (TPSA) is 26.0 Å². The summed E-state index contributed by atoms with van der Waals surface area (Å²) in [6, 6.07) is 8.94. The van der Waals surface area contributed by atoms with Crippen molar-refractivity contribution in [1.82, 2.24) is 0 Å². The van der Waals surface area contributed by atoms with Gasteiger partial charge < -0.3 is 5.73 Å². The van der Waals surface area contributed by atoms with Crippen molar-refractivity contribution in [3.63, 3.8) is 0 Å². The zero-order valence-corrected chi connectivity index (χ0v) is 11.7. The summed E-state index contributed by atoms with van der Waals surface area (Å²) in [5, 5.41) is 0. The molecule has 2 N–H and O–H groups in total. The molecular formula is C13H10BrF2NS. The van der Waals surface area contributed by atoms with Crippen LogP contribution in [0.25, 0.3) is 0 Å². The van der Waals surface area contributed by atoms with E-state index in [0.29, 0.717) is 16.3 Å². The highest BCUT2D eigenvalue weighted by molar-refractivity contribution is 9.10. The highest BCUT2D eigenvalue weighted by Crippen LogP contribution is 2.31. The molecular weight excluding hydrogens is 320 g/mol. The van der Waals surface area contributed by atoms with Crippen LogP contribution in [0.1, 0.15) is 5.56 Å². The predicted octanol–water partition coefficient (Wildman–Crippen LogP) is 4.60. The Morgan fingerprint density at radius 2 is 1.94 bits per heavy atom. The quantitative estimate of drug-likeness (QED) is 0.657. The van der Waals surface area contributed by atoms with Gasteiger partial charge in [0.25, 0.3) is 0 Å². The molecule has 0 amide bonds. The minimum absolute atomic E-state index is 0.296. The first-order chi connectivity index (χ1) is 8.58. The van der Waals surface area contributed by atoms with E-state index >= 15 is 0 Å². The molecule has 0 saturated carbocycles. The van der Waals surface area contributed by atoms with Crippen molar-refractivity contribution in [3.8, 4) is 0 Å². The summed E-state index contributed by atoms with van der Waals surface area (Å²) in [4.78, 5) is 0.296. The fraction of sp³-hybridized carbons (Fsp3) is 0.0769. The van der Waals surface area contributed by atoms with Gasteiger partial charge in [-0.2, -0.15) is 0 Å². The molecule has 0 fully saturated rings. The molecule has 5 heteroatoms. The first-order valence-corrected chi connectivity index (χ1v) is 6.96. The van der Waals surface area contributed by atoms with Gasteiger partial charge in [-0.15, -0.1) is 11.8 Å². The Bertz CT molecular complexity index is 573. The van der Waals surface area contributed by atoms with Crippen molar-refractivity contribution in [2.24, 2.45) is 0 Å². The third kappa shape index (κ3) is 3.03. The van der Waals surface area contributed by atoms with Crippen molar-refractivity contribution in [1.29, 1.82) is 0 Å². The SMILES string of the molecule is Nc1cccc(CSc2cc(F)ccc2F)c1Br. The van der Waals surface area contributed by atoms with Crippen LogP contribution < -0.4 is 5.73 Å². The first kappa shape index (κ1) is 13.4. The van der Waals surface area contributed by atoms with Gasteiger partial charge in [-0.3, -0.25) is 0 Å². The second kappa shape index (κ2) is 5.71. The second-order valence-corrected chi connectivity index (χ2v) is 5.49. The van der Waals surface area contributed by atoms with E-state index < -0.39 is 11.6 Å². The van der Waals surface area contributed by atoms with Gasteiger partial charge in [0.2, 0.25) is 0 Å². The van der Waals surface area contributed by atoms with Crippen molar-refractivity contribution < 1.29 is 8.78 Å². The van der Waals surface area contributed by atoms with Gasteiger partial charge >= 0.3 is 0 Å². The summed E-state index contributed by atoms with van der Waals surface area (Å²) in [6.07, 6.45) is 0. The fourth-order valence-electron chi connectivity index (χ4n) is 1.45. The highest BCUT2D eigenvalue weighted by atomic mass is 79.9. The number of rotatable bonds is 3. The molecule has 0 bridgehead atoms. The smallest absolute Gasteiger partial charge is 0.136 e. The summed E-state index contributed by atoms with van der Waals surface area (Å²) in [7, 11) is 0. The molecule has 0 atom stereocenters. The molecule has 94 valence electrons. The summed E-state index contributed by atoms with van der Waals surface area (Å²) in [5.74, 6) is -0.335. The lowest BCUT2D eigenvalue weighted by molar-refractivity contribution is 0.577. The second-order valence-electron chi connectivity index (χ2n) is 3.68. The largest absolute Gasteiger partial charge is 0.398 e. The van der Waals surface area contributed by atoms with Crippen LogP contribution in [0.4, 0.5) is 14.5 Å². The van der Waals surface area contributed by atoms with Crippen molar-refractivity contribution in [2.45, 2.75) is 10.6 Å². The molecule has 0 aliphatic heterocycles. The van der Waals surface area contributed by atoms with Gasteiger partial charge in [-0.25, -0.2) is 8.78 Å². The minimum atomic E-state index is -0.439. The molecule has 0 heterocycles. The number of hydrogen-bond acceptors (Lipinski definition) is 2. The van der Waals surface area contributed by atoms with Gasteiger partial charge in [0, 0.05) is 20.8 Å². The highest BCUT2D eigenvalue weighted by Gasteiger charge is 2.07. The Kier molecular flexibility index (Phi) is 4.24. The first-order valence-electron chi connectivity index (χ1n) is 5.18. The fourth-order valence-corrected chi connectivity index (χ4v) is 3.00. The zero-order valence-electron chi connectivity index (χ0n) is 9.29. The lowest BCUT2D eigenvalue weighted by Gasteiger charge is -2.07. The van der Waals surface area contributed by atoms with Crippen LogP contribution in [0.3, 0.4) is 0 Å². The van der Waals surface area contributed by atoms with E-state index in [9.17, 15) is 8.78 Å². The van der Waals surface area contributed by atoms with Crippen LogP contribution >= 0.6 is 27.7 Å². The van der Waals surface area contributed by atoms with Gasteiger partial charge in [0.05, 0.1) is 0 Å². The molecule has 0 aliphatic carbocycles. The van der Waals surface area contributed by atoms with Gasteiger partial charge in [-0.05, 0) is 45.8 Å². The summed E-state index contributed by atoms with van der Waals surface area (Å²) in [6.45, 7) is 0. The third-order valence-electron chi connectivity index (χ3n) is 2.38. The number of nitrogens with two attached hydrogens (primary N) is 1. The Balaban J connectivity index is 2.16. The maximum absolute atomic E-state index is 13.4. The molecule has 0 radical (unpaired) electrons. The minimum Gasteiger partial charge on any atom is -0.398 e. The number of anilines is 1.